The number of rotatable bonds is 6. The Labute approximate surface area is 119 Å². The molecule has 2 rings (SSSR count). The van der Waals surface area contributed by atoms with Gasteiger partial charge < -0.3 is 5.11 Å². The van der Waals surface area contributed by atoms with E-state index in [9.17, 15) is 5.11 Å². The Morgan fingerprint density at radius 1 is 1.30 bits per heavy atom. The third-order valence-corrected chi connectivity index (χ3v) is 3.23. The summed E-state index contributed by atoms with van der Waals surface area (Å²) in [5, 5.41) is 14.6. The summed E-state index contributed by atoms with van der Waals surface area (Å²) in [6, 6.07) is 3.90. The number of hydrogen-bond donors (Lipinski definition) is 1. The molecule has 0 aliphatic carbocycles. The van der Waals surface area contributed by atoms with Gasteiger partial charge in [-0.25, -0.2) is 9.67 Å². The number of aryl methyl sites for hydroxylation is 1. The van der Waals surface area contributed by atoms with Gasteiger partial charge in [0.25, 0.3) is 0 Å². The van der Waals surface area contributed by atoms with Crippen LogP contribution in [0.2, 0.25) is 0 Å². The van der Waals surface area contributed by atoms with E-state index in [1.165, 1.54) is 0 Å². The lowest BCUT2D eigenvalue weighted by Gasteiger charge is -2.14. The van der Waals surface area contributed by atoms with Crippen molar-refractivity contribution in [3.05, 3.63) is 41.7 Å². The van der Waals surface area contributed by atoms with E-state index in [-0.39, 0.29) is 0 Å². The van der Waals surface area contributed by atoms with Gasteiger partial charge in [-0.1, -0.05) is 26.8 Å². The molecule has 0 saturated carbocycles. The summed E-state index contributed by atoms with van der Waals surface area (Å²) in [5.74, 6) is 1.30. The minimum Gasteiger partial charge on any atom is -0.386 e. The molecule has 5 nitrogen and oxygen atoms in total. The van der Waals surface area contributed by atoms with Crippen molar-refractivity contribution in [1.82, 2.24) is 19.7 Å². The highest BCUT2D eigenvalue weighted by Crippen LogP contribution is 2.19. The maximum absolute atomic E-state index is 10.4. The molecular formula is C15H22N4O. The fraction of sp³-hybridized carbons (Fsp3) is 0.533. The zero-order chi connectivity index (χ0) is 14.5. The number of aliphatic hydroxyl groups excluding tert-OH is 1. The van der Waals surface area contributed by atoms with E-state index in [0.29, 0.717) is 12.3 Å². The zero-order valence-electron chi connectivity index (χ0n) is 12.3. The Balaban J connectivity index is 2.15. The smallest absolute Gasteiger partial charge is 0.138 e. The fourth-order valence-electron chi connectivity index (χ4n) is 2.26. The van der Waals surface area contributed by atoms with Crippen molar-refractivity contribution in [2.24, 2.45) is 5.92 Å². The fourth-order valence-corrected chi connectivity index (χ4v) is 2.26. The van der Waals surface area contributed by atoms with Crippen molar-refractivity contribution >= 4 is 0 Å². The van der Waals surface area contributed by atoms with Crippen molar-refractivity contribution in [2.45, 2.75) is 46.3 Å². The van der Waals surface area contributed by atoms with Crippen molar-refractivity contribution in [3.8, 4) is 0 Å². The number of pyridine rings is 1. The molecule has 2 aromatic heterocycles. The van der Waals surface area contributed by atoms with Crippen LogP contribution in [-0.4, -0.2) is 24.9 Å². The predicted molar refractivity (Wildman–Crippen MR) is 77.1 cm³/mol. The summed E-state index contributed by atoms with van der Waals surface area (Å²) in [7, 11) is 0. The second kappa shape index (κ2) is 6.61. The van der Waals surface area contributed by atoms with Gasteiger partial charge >= 0.3 is 0 Å². The van der Waals surface area contributed by atoms with Crippen LogP contribution in [0.25, 0.3) is 0 Å². The second-order valence-corrected chi connectivity index (χ2v) is 5.37. The molecule has 20 heavy (non-hydrogen) atoms. The van der Waals surface area contributed by atoms with Crippen molar-refractivity contribution in [1.29, 1.82) is 0 Å². The van der Waals surface area contributed by atoms with Crippen LogP contribution in [0.15, 0.2) is 24.7 Å². The van der Waals surface area contributed by atoms with Crippen LogP contribution in [0, 0.1) is 5.92 Å². The number of hydrogen-bond acceptors (Lipinski definition) is 4. The van der Waals surface area contributed by atoms with E-state index < -0.39 is 6.10 Å². The highest BCUT2D eigenvalue weighted by atomic mass is 16.3. The lowest BCUT2D eigenvalue weighted by atomic mass is 10.0. The van der Waals surface area contributed by atoms with Gasteiger partial charge in [0.2, 0.25) is 0 Å². The maximum Gasteiger partial charge on any atom is 0.138 e. The van der Waals surface area contributed by atoms with E-state index in [1.54, 1.807) is 12.5 Å². The van der Waals surface area contributed by atoms with Crippen LogP contribution >= 0.6 is 0 Å². The van der Waals surface area contributed by atoms with Crippen LogP contribution in [0.5, 0.6) is 0 Å². The Bertz CT molecular complexity index is 550. The number of aliphatic hydroxyl groups is 1. The van der Waals surface area contributed by atoms with Gasteiger partial charge in [-0.3, -0.25) is 4.98 Å². The lowest BCUT2D eigenvalue weighted by Crippen LogP contribution is -2.14. The molecule has 0 bridgehead atoms. The minimum atomic E-state index is -0.638. The Morgan fingerprint density at radius 2 is 2.10 bits per heavy atom. The molecule has 0 spiro atoms. The average molecular weight is 274 g/mol. The van der Waals surface area contributed by atoms with Crippen LogP contribution in [-0.2, 0) is 19.4 Å². The number of nitrogens with zero attached hydrogens (tertiary/aromatic N) is 4. The molecule has 0 aliphatic heterocycles. The largest absolute Gasteiger partial charge is 0.386 e. The van der Waals surface area contributed by atoms with E-state index in [1.807, 2.05) is 16.8 Å². The summed E-state index contributed by atoms with van der Waals surface area (Å²) >= 11 is 0. The molecule has 0 radical (unpaired) electrons. The molecule has 0 amide bonds. The second-order valence-electron chi connectivity index (χ2n) is 5.37. The molecule has 108 valence electrons. The number of aromatic nitrogens is 4. The SMILES string of the molecule is CCc1cccnc1C(O)Cc1ncnn1CC(C)C. The van der Waals surface area contributed by atoms with E-state index in [4.69, 9.17) is 0 Å². The van der Waals surface area contributed by atoms with Crippen LogP contribution < -0.4 is 0 Å². The first-order valence-electron chi connectivity index (χ1n) is 7.10. The van der Waals surface area contributed by atoms with Crippen molar-refractivity contribution in [3.63, 3.8) is 0 Å². The molecule has 2 heterocycles. The molecule has 0 aromatic carbocycles. The van der Waals surface area contributed by atoms with Gasteiger partial charge in [0.15, 0.2) is 0 Å². The molecule has 1 atom stereocenters. The minimum absolute atomic E-state index is 0.441. The molecule has 1 N–H and O–H groups in total. The first-order valence-corrected chi connectivity index (χ1v) is 7.10. The van der Waals surface area contributed by atoms with Gasteiger partial charge in [-0.05, 0) is 24.0 Å². The summed E-state index contributed by atoms with van der Waals surface area (Å²) in [6.07, 6.45) is 3.93. The van der Waals surface area contributed by atoms with Crippen molar-refractivity contribution < 1.29 is 5.11 Å². The molecule has 5 heteroatoms. The molecule has 0 saturated heterocycles. The van der Waals surface area contributed by atoms with Gasteiger partial charge in [0.05, 0.1) is 5.69 Å². The lowest BCUT2D eigenvalue weighted by molar-refractivity contribution is 0.167. The highest BCUT2D eigenvalue weighted by Gasteiger charge is 2.17. The quantitative estimate of drug-likeness (QED) is 0.877. The molecule has 0 aliphatic rings. The van der Waals surface area contributed by atoms with E-state index in [0.717, 1.165) is 30.0 Å². The monoisotopic (exact) mass is 274 g/mol. The van der Waals surface area contributed by atoms with E-state index in [2.05, 4.69) is 35.8 Å². The third-order valence-electron chi connectivity index (χ3n) is 3.23. The molecule has 1 unspecified atom stereocenters. The van der Waals surface area contributed by atoms with Gasteiger partial charge in [-0.2, -0.15) is 5.10 Å². The summed E-state index contributed by atoms with van der Waals surface area (Å²) < 4.78 is 1.86. The molecule has 2 aromatic rings. The average Bonchev–Trinajstić information content (AvgIpc) is 2.85. The first kappa shape index (κ1) is 14.7. The van der Waals surface area contributed by atoms with Crippen LogP contribution in [0.4, 0.5) is 0 Å². The normalized spacial score (nSPS) is 12.8. The maximum atomic E-state index is 10.4. The third kappa shape index (κ3) is 3.42. The molecule has 0 fully saturated rings. The van der Waals surface area contributed by atoms with Crippen molar-refractivity contribution in [2.75, 3.05) is 0 Å². The van der Waals surface area contributed by atoms with Crippen LogP contribution in [0.3, 0.4) is 0 Å². The Hall–Kier alpha value is -1.75. The first-order chi connectivity index (χ1) is 9.61. The summed E-state index contributed by atoms with van der Waals surface area (Å²) in [4.78, 5) is 8.57. The zero-order valence-corrected chi connectivity index (χ0v) is 12.3. The van der Waals surface area contributed by atoms with Crippen LogP contribution in [0.1, 0.15) is 44.0 Å². The Kier molecular flexibility index (Phi) is 4.84. The standard InChI is InChI=1S/C15H22N4O/c1-4-12-6-5-7-16-15(12)13(20)8-14-17-10-18-19(14)9-11(2)3/h5-7,10-11,13,20H,4,8-9H2,1-3H3. The Morgan fingerprint density at radius 3 is 2.80 bits per heavy atom. The summed E-state index contributed by atoms with van der Waals surface area (Å²) in [6.45, 7) is 7.14. The molecular weight excluding hydrogens is 252 g/mol. The van der Waals surface area contributed by atoms with Gasteiger partial charge in [0, 0.05) is 19.2 Å². The predicted octanol–water partition coefficient (Wildman–Crippen LogP) is 2.17. The van der Waals surface area contributed by atoms with Gasteiger partial charge in [-0.15, -0.1) is 0 Å². The highest BCUT2D eigenvalue weighted by molar-refractivity contribution is 5.22. The van der Waals surface area contributed by atoms with Gasteiger partial charge in [0.1, 0.15) is 18.3 Å². The summed E-state index contributed by atoms with van der Waals surface area (Å²) in [5.41, 5.74) is 1.82. The topological polar surface area (TPSA) is 63.8 Å². The van der Waals surface area contributed by atoms with E-state index >= 15 is 0 Å².